The second-order valence-electron chi connectivity index (χ2n) is 5.18. The Kier molecular flexibility index (Phi) is 4.99. The van der Waals surface area contributed by atoms with Crippen molar-refractivity contribution in [3.05, 3.63) is 68.4 Å². The van der Waals surface area contributed by atoms with Gasteiger partial charge in [-0.15, -0.1) is 0 Å². The van der Waals surface area contributed by atoms with Gasteiger partial charge in [-0.2, -0.15) is 5.10 Å². The van der Waals surface area contributed by atoms with Crippen LogP contribution >= 0.6 is 15.9 Å². The van der Waals surface area contributed by atoms with Gasteiger partial charge in [0.25, 0.3) is 5.69 Å². The van der Waals surface area contributed by atoms with Gasteiger partial charge in [-0.05, 0) is 30.3 Å². The lowest BCUT2D eigenvalue weighted by Gasteiger charge is -2.03. The summed E-state index contributed by atoms with van der Waals surface area (Å²) in [6.45, 7) is 0. The topological polar surface area (TPSA) is 107 Å². The number of rotatable bonds is 5. The van der Waals surface area contributed by atoms with E-state index in [1.807, 2.05) is 6.07 Å². The molecule has 3 rings (SSSR count). The SMILES string of the molecule is COc1ccc([N+](=O)[O-])cc1/C=N/NC(=O)c1cc2cc(Br)ccc2o1. The van der Waals surface area contributed by atoms with Gasteiger partial charge in [0.05, 0.1) is 18.2 Å². The molecule has 1 N–H and O–H groups in total. The standard InChI is InChI=1S/C17H12BrN3O5/c1-25-14-5-3-13(21(23)24)7-11(14)9-19-20-17(22)16-8-10-6-12(18)2-4-15(10)26-16/h2-9H,1H3,(H,20,22)/b19-9+. The average Bonchev–Trinajstić information content (AvgIpc) is 3.04. The van der Waals surface area contributed by atoms with Gasteiger partial charge in [-0.3, -0.25) is 14.9 Å². The summed E-state index contributed by atoms with van der Waals surface area (Å²) < 4.78 is 11.5. The van der Waals surface area contributed by atoms with Crippen LogP contribution in [0.15, 0.2) is 56.5 Å². The number of non-ortho nitro benzene ring substituents is 1. The summed E-state index contributed by atoms with van der Waals surface area (Å²) in [5, 5.41) is 15.5. The molecule has 132 valence electrons. The summed E-state index contributed by atoms with van der Waals surface area (Å²) in [4.78, 5) is 22.5. The van der Waals surface area contributed by atoms with Crippen molar-refractivity contribution in [3.63, 3.8) is 0 Å². The lowest BCUT2D eigenvalue weighted by Crippen LogP contribution is -2.16. The van der Waals surface area contributed by atoms with E-state index in [4.69, 9.17) is 9.15 Å². The third-order valence-electron chi connectivity index (χ3n) is 3.50. The predicted molar refractivity (Wildman–Crippen MR) is 98.6 cm³/mol. The van der Waals surface area contributed by atoms with Crippen molar-refractivity contribution in [2.45, 2.75) is 0 Å². The first kappa shape index (κ1) is 17.6. The van der Waals surface area contributed by atoms with E-state index in [0.717, 1.165) is 9.86 Å². The summed E-state index contributed by atoms with van der Waals surface area (Å²) in [5.74, 6) is -0.0542. The van der Waals surface area contributed by atoms with Gasteiger partial charge >= 0.3 is 5.91 Å². The van der Waals surface area contributed by atoms with Crippen molar-refractivity contribution in [1.29, 1.82) is 0 Å². The van der Waals surface area contributed by atoms with E-state index in [1.54, 1.807) is 18.2 Å². The fourth-order valence-electron chi connectivity index (χ4n) is 2.28. The lowest BCUT2D eigenvalue weighted by molar-refractivity contribution is -0.384. The van der Waals surface area contributed by atoms with Crippen LogP contribution in [0.3, 0.4) is 0 Å². The second-order valence-corrected chi connectivity index (χ2v) is 6.09. The Morgan fingerprint density at radius 2 is 2.12 bits per heavy atom. The molecule has 0 saturated heterocycles. The molecule has 3 aromatic rings. The van der Waals surface area contributed by atoms with Crippen molar-refractivity contribution in [1.82, 2.24) is 5.43 Å². The van der Waals surface area contributed by atoms with E-state index in [2.05, 4.69) is 26.5 Å². The highest BCUT2D eigenvalue weighted by molar-refractivity contribution is 9.10. The summed E-state index contributed by atoms with van der Waals surface area (Å²) in [6, 6.07) is 11.0. The highest BCUT2D eigenvalue weighted by Crippen LogP contribution is 2.24. The van der Waals surface area contributed by atoms with E-state index in [1.165, 1.54) is 31.5 Å². The normalized spacial score (nSPS) is 11.0. The summed E-state index contributed by atoms with van der Waals surface area (Å²) >= 11 is 3.35. The molecule has 26 heavy (non-hydrogen) atoms. The van der Waals surface area contributed by atoms with Crippen LogP contribution in [0.1, 0.15) is 16.1 Å². The first-order valence-corrected chi connectivity index (χ1v) is 8.12. The van der Waals surface area contributed by atoms with Crippen LogP contribution < -0.4 is 10.2 Å². The van der Waals surface area contributed by atoms with Crippen molar-refractivity contribution in [2.24, 2.45) is 5.10 Å². The number of nitro groups is 1. The molecule has 1 heterocycles. The fourth-order valence-corrected chi connectivity index (χ4v) is 2.66. The molecule has 0 saturated carbocycles. The molecule has 0 aliphatic carbocycles. The Bertz CT molecular complexity index is 1030. The van der Waals surface area contributed by atoms with Gasteiger partial charge < -0.3 is 9.15 Å². The molecule has 0 fully saturated rings. The maximum atomic E-state index is 12.1. The molecule has 9 heteroatoms. The zero-order chi connectivity index (χ0) is 18.7. The van der Waals surface area contributed by atoms with Crippen LogP contribution in [0.4, 0.5) is 5.69 Å². The van der Waals surface area contributed by atoms with Crippen molar-refractivity contribution in [2.75, 3.05) is 7.11 Å². The molecular weight excluding hydrogens is 406 g/mol. The predicted octanol–water partition coefficient (Wildman–Crippen LogP) is 3.88. The number of nitro benzene ring substituents is 1. The van der Waals surface area contributed by atoms with Crippen molar-refractivity contribution in [3.8, 4) is 5.75 Å². The third-order valence-corrected chi connectivity index (χ3v) is 3.99. The zero-order valence-corrected chi connectivity index (χ0v) is 15.0. The number of ether oxygens (including phenoxy) is 1. The number of hydrogen-bond acceptors (Lipinski definition) is 6. The average molecular weight is 418 g/mol. The van der Waals surface area contributed by atoms with Gasteiger partial charge in [0.1, 0.15) is 11.3 Å². The number of halogens is 1. The van der Waals surface area contributed by atoms with Crippen LogP contribution in [0.25, 0.3) is 11.0 Å². The Morgan fingerprint density at radius 1 is 1.31 bits per heavy atom. The van der Waals surface area contributed by atoms with E-state index in [9.17, 15) is 14.9 Å². The number of benzene rings is 2. The minimum atomic E-state index is -0.544. The third kappa shape index (κ3) is 3.72. The van der Waals surface area contributed by atoms with Crippen molar-refractivity contribution >= 4 is 44.7 Å². The van der Waals surface area contributed by atoms with Gasteiger partial charge in [-0.25, -0.2) is 5.43 Å². The number of hydrazone groups is 1. The summed E-state index contributed by atoms with van der Waals surface area (Å²) in [7, 11) is 1.43. The van der Waals surface area contributed by atoms with E-state index < -0.39 is 10.8 Å². The highest BCUT2D eigenvalue weighted by atomic mass is 79.9. The maximum Gasteiger partial charge on any atom is 0.307 e. The second kappa shape index (κ2) is 7.36. The Morgan fingerprint density at radius 3 is 2.85 bits per heavy atom. The quantitative estimate of drug-likeness (QED) is 0.385. The molecule has 1 amide bonds. The van der Waals surface area contributed by atoms with Crippen LogP contribution in [0.5, 0.6) is 5.75 Å². The molecule has 0 unspecified atom stereocenters. The minimum Gasteiger partial charge on any atom is -0.496 e. The number of fused-ring (bicyclic) bond motifs is 1. The first-order chi connectivity index (χ1) is 12.5. The molecule has 0 aliphatic heterocycles. The molecule has 8 nitrogen and oxygen atoms in total. The van der Waals surface area contributed by atoms with Crippen LogP contribution in [-0.2, 0) is 0 Å². The molecule has 0 bridgehead atoms. The monoisotopic (exact) mass is 417 g/mol. The lowest BCUT2D eigenvalue weighted by atomic mass is 10.2. The van der Waals surface area contributed by atoms with Crippen LogP contribution in [-0.4, -0.2) is 24.2 Å². The molecule has 0 radical (unpaired) electrons. The van der Waals surface area contributed by atoms with E-state index in [0.29, 0.717) is 16.9 Å². The van der Waals surface area contributed by atoms with E-state index >= 15 is 0 Å². The number of nitrogens with zero attached hydrogens (tertiary/aromatic N) is 2. The van der Waals surface area contributed by atoms with Crippen LogP contribution in [0.2, 0.25) is 0 Å². The Hall–Kier alpha value is -3.20. The Balaban J connectivity index is 1.78. The molecule has 1 aromatic heterocycles. The minimum absolute atomic E-state index is 0.0984. The summed E-state index contributed by atoms with van der Waals surface area (Å²) in [6.07, 6.45) is 1.27. The molecule has 0 atom stereocenters. The van der Waals surface area contributed by atoms with E-state index in [-0.39, 0.29) is 11.4 Å². The Labute approximate surface area is 155 Å². The highest BCUT2D eigenvalue weighted by Gasteiger charge is 2.13. The fraction of sp³-hybridized carbons (Fsp3) is 0.0588. The smallest absolute Gasteiger partial charge is 0.307 e. The van der Waals surface area contributed by atoms with Gasteiger partial charge in [0.2, 0.25) is 0 Å². The van der Waals surface area contributed by atoms with Crippen LogP contribution in [0, 0.1) is 10.1 Å². The number of nitrogens with one attached hydrogen (secondary N) is 1. The number of furan rings is 1. The first-order valence-electron chi connectivity index (χ1n) is 7.33. The molecule has 0 spiro atoms. The number of hydrogen-bond donors (Lipinski definition) is 1. The van der Waals surface area contributed by atoms with Gasteiger partial charge in [-0.1, -0.05) is 15.9 Å². The molecule has 0 aliphatic rings. The zero-order valence-electron chi connectivity index (χ0n) is 13.4. The van der Waals surface area contributed by atoms with Crippen molar-refractivity contribution < 1.29 is 18.9 Å². The summed E-state index contributed by atoms with van der Waals surface area (Å²) in [5.41, 5.74) is 3.14. The number of methoxy groups -OCH3 is 1. The number of carbonyl (C=O) groups excluding carboxylic acids is 1. The largest absolute Gasteiger partial charge is 0.496 e. The maximum absolute atomic E-state index is 12.1. The number of carbonyl (C=O) groups is 1. The number of amides is 1. The van der Waals surface area contributed by atoms with Gasteiger partial charge in [0, 0.05) is 27.6 Å². The van der Waals surface area contributed by atoms with Gasteiger partial charge in [0.15, 0.2) is 5.76 Å². The molecule has 2 aromatic carbocycles. The molecular formula is C17H12BrN3O5.